The molecule has 0 saturated carbocycles. The molecule has 1 atom stereocenters. The van der Waals surface area contributed by atoms with E-state index in [1.54, 1.807) is 31.1 Å². The maximum atomic E-state index is 14.1. The first-order chi connectivity index (χ1) is 10.0. The van der Waals surface area contributed by atoms with Gasteiger partial charge in [0.1, 0.15) is 11.6 Å². The van der Waals surface area contributed by atoms with Crippen molar-refractivity contribution >= 4 is 5.69 Å². The quantitative estimate of drug-likeness (QED) is 0.914. The average molecular weight is 289 g/mol. The second kappa shape index (κ2) is 6.59. The first-order valence-electron chi connectivity index (χ1n) is 6.83. The molecule has 0 spiro atoms. The lowest BCUT2D eigenvalue weighted by molar-refractivity contribution is 0.199. The Hall–Kier alpha value is -2.07. The van der Waals surface area contributed by atoms with Crippen LogP contribution < -0.4 is 9.64 Å². The van der Waals surface area contributed by atoms with Crippen LogP contribution in [0.15, 0.2) is 42.5 Å². The van der Waals surface area contributed by atoms with Gasteiger partial charge < -0.3 is 14.7 Å². The summed E-state index contributed by atoms with van der Waals surface area (Å²) < 4.78 is 19.3. The van der Waals surface area contributed by atoms with E-state index in [9.17, 15) is 9.50 Å². The number of halogens is 1. The molecule has 0 aromatic heterocycles. The van der Waals surface area contributed by atoms with Crippen molar-refractivity contribution < 1.29 is 14.2 Å². The summed E-state index contributed by atoms with van der Waals surface area (Å²) in [5.41, 5.74) is 2.02. The Morgan fingerprint density at radius 2 is 1.95 bits per heavy atom. The highest BCUT2D eigenvalue weighted by atomic mass is 19.1. The number of aliphatic hydroxyl groups is 1. The maximum absolute atomic E-state index is 14.1. The van der Waals surface area contributed by atoms with Crippen molar-refractivity contribution in [1.82, 2.24) is 0 Å². The number of hydrogen-bond acceptors (Lipinski definition) is 3. The first kappa shape index (κ1) is 15.3. The third-order valence-electron chi connectivity index (χ3n) is 3.40. The number of rotatable bonds is 5. The van der Waals surface area contributed by atoms with Gasteiger partial charge in [0.05, 0.1) is 18.9 Å². The minimum Gasteiger partial charge on any atom is -0.497 e. The molecule has 0 aliphatic rings. The number of para-hydroxylation sites is 1. The molecule has 0 saturated heterocycles. The van der Waals surface area contributed by atoms with Gasteiger partial charge in [-0.1, -0.05) is 24.3 Å². The number of aliphatic hydroxyl groups excluding tert-OH is 1. The van der Waals surface area contributed by atoms with Gasteiger partial charge in [-0.15, -0.1) is 0 Å². The van der Waals surface area contributed by atoms with Crippen LogP contribution in [-0.4, -0.2) is 19.3 Å². The minimum absolute atomic E-state index is 0.334. The van der Waals surface area contributed by atoms with Gasteiger partial charge in [-0.05, 0) is 30.7 Å². The fraction of sp³-hybridized carbons (Fsp3) is 0.294. The molecule has 0 unspecified atom stereocenters. The molecule has 0 bridgehead atoms. The lowest BCUT2D eigenvalue weighted by Gasteiger charge is -2.24. The van der Waals surface area contributed by atoms with Crippen molar-refractivity contribution in [2.45, 2.75) is 19.6 Å². The summed E-state index contributed by atoms with van der Waals surface area (Å²) in [6.45, 7) is 2.16. The van der Waals surface area contributed by atoms with Gasteiger partial charge in [0.2, 0.25) is 0 Å². The van der Waals surface area contributed by atoms with Crippen LogP contribution in [0.4, 0.5) is 10.1 Å². The number of anilines is 1. The van der Waals surface area contributed by atoms with Crippen molar-refractivity contribution in [1.29, 1.82) is 0 Å². The molecule has 2 aromatic rings. The molecule has 2 rings (SSSR count). The Bertz CT molecular complexity index is 613. The van der Waals surface area contributed by atoms with Crippen LogP contribution in [0, 0.1) is 5.82 Å². The molecule has 0 aliphatic heterocycles. The summed E-state index contributed by atoms with van der Waals surface area (Å²) in [4.78, 5) is 1.80. The highest BCUT2D eigenvalue weighted by Crippen LogP contribution is 2.29. The molecule has 1 N–H and O–H groups in total. The first-order valence-corrected chi connectivity index (χ1v) is 6.83. The standard InChI is InChI=1S/C17H20FNO2/c1-12(20)15-8-5-9-16(18)17(15)19(2)11-13-6-4-7-14(10-13)21-3/h4-10,12,20H,11H2,1-3H3/t12-/m0/s1. The normalized spacial score (nSPS) is 12.0. The van der Waals surface area contributed by atoms with E-state index in [0.29, 0.717) is 17.8 Å². The Kier molecular flexibility index (Phi) is 4.81. The molecular formula is C17H20FNO2. The summed E-state index contributed by atoms with van der Waals surface area (Å²) in [6, 6.07) is 12.4. The third kappa shape index (κ3) is 3.52. The maximum Gasteiger partial charge on any atom is 0.146 e. The predicted octanol–water partition coefficient (Wildman–Crippen LogP) is 3.52. The second-order valence-corrected chi connectivity index (χ2v) is 5.06. The molecule has 2 aromatic carbocycles. The smallest absolute Gasteiger partial charge is 0.146 e. The number of methoxy groups -OCH3 is 1. The van der Waals surface area contributed by atoms with Gasteiger partial charge >= 0.3 is 0 Å². The van der Waals surface area contributed by atoms with Gasteiger partial charge in [-0.25, -0.2) is 4.39 Å². The summed E-state index contributed by atoms with van der Waals surface area (Å²) in [5, 5.41) is 9.81. The van der Waals surface area contributed by atoms with Crippen LogP contribution in [0.1, 0.15) is 24.2 Å². The molecule has 4 heteroatoms. The van der Waals surface area contributed by atoms with Gasteiger partial charge in [0.25, 0.3) is 0 Å². The number of ether oxygens (including phenoxy) is 1. The van der Waals surface area contributed by atoms with Crippen LogP contribution in [0.5, 0.6) is 5.75 Å². The van der Waals surface area contributed by atoms with Crippen LogP contribution in [0.3, 0.4) is 0 Å². The topological polar surface area (TPSA) is 32.7 Å². The van der Waals surface area contributed by atoms with Gasteiger partial charge in [-0.2, -0.15) is 0 Å². The molecule has 0 radical (unpaired) electrons. The summed E-state index contributed by atoms with van der Waals surface area (Å²) >= 11 is 0. The van der Waals surface area contributed by atoms with E-state index in [-0.39, 0.29) is 5.82 Å². The minimum atomic E-state index is -0.719. The molecule has 112 valence electrons. The fourth-order valence-electron chi connectivity index (χ4n) is 2.40. The van der Waals surface area contributed by atoms with E-state index >= 15 is 0 Å². The number of hydrogen-bond donors (Lipinski definition) is 1. The number of benzene rings is 2. The van der Waals surface area contributed by atoms with Gasteiger partial charge in [0.15, 0.2) is 0 Å². The molecule has 0 heterocycles. The third-order valence-corrected chi connectivity index (χ3v) is 3.40. The highest BCUT2D eigenvalue weighted by molar-refractivity contribution is 5.55. The zero-order valence-corrected chi connectivity index (χ0v) is 12.5. The predicted molar refractivity (Wildman–Crippen MR) is 82.1 cm³/mol. The molecule has 21 heavy (non-hydrogen) atoms. The van der Waals surface area contributed by atoms with Crippen molar-refractivity contribution in [3.63, 3.8) is 0 Å². The highest BCUT2D eigenvalue weighted by Gasteiger charge is 2.16. The fourth-order valence-corrected chi connectivity index (χ4v) is 2.40. The van der Waals surface area contributed by atoms with E-state index in [2.05, 4.69) is 0 Å². The van der Waals surface area contributed by atoms with Crippen molar-refractivity contribution in [2.75, 3.05) is 19.1 Å². The van der Waals surface area contributed by atoms with Crippen molar-refractivity contribution in [3.05, 3.63) is 59.4 Å². The van der Waals surface area contributed by atoms with E-state index < -0.39 is 6.10 Å². The van der Waals surface area contributed by atoms with E-state index in [1.165, 1.54) is 6.07 Å². The van der Waals surface area contributed by atoms with Gasteiger partial charge in [-0.3, -0.25) is 0 Å². The van der Waals surface area contributed by atoms with Crippen molar-refractivity contribution in [2.24, 2.45) is 0 Å². The Labute approximate surface area is 124 Å². The molecule has 0 aliphatic carbocycles. The second-order valence-electron chi connectivity index (χ2n) is 5.06. The Balaban J connectivity index is 2.29. The SMILES string of the molecule is COc1cccc(CN(C)c2c(F)cccc2[C@H](C)O)c1. The summed E-state index contributed by atoms with van der Waals surface area (Å²) in [5.74, 6) is 0.434. The lowest BCUT2D eigenvalue weighted by Crippen LogP contribution is -2.20. The van der Waals surface area contributed by atoms with Crippen LogP contribution in [-0.2, 0) is 6.54 Å². The van der Waals surface area contributed by atoms with Crippen LogP contribution in [0.2, 0.25) is 0 Å². The van der Waals surface area contributed by atoms with E-state index in [0.717, 1.165) is 11.3 Å². The monoisotopic (exact) mass is 289 g/mol. The summed E-state index contributed by atoms with van der Waals surface area (Å²) in [6.07, 6.45) is -0.719. The van der Waals surface area contributed by atoms with Crippen LogP contribution >= 0.6 is 0 Å². The van der Waals surface area contributed by atoms with Crippen molar-refractivity contribution in [3.8, 4) is 5.75 Å². The van der Waals surface area contributed by atoms with E-state index in [4.69, 9.17) is 4.74 Å². The number of nitrogens with zero attached hydrogens (tertiary/aromatic N) is 1. The van der Waals surface area contributed by atoms with Gasteiger partial charge in [0, 0.05) is 19.2 Å². The zero-order chi connectivity index (χ0) is 15.4. The van der Waals surface area contributed by atoms with E-state index in [1.807, 2.05) is 31.3 Å². The molecule has 0 fully saturated rings. The molecule has 3 nitrogen and oxygen atoms in total. The largest absolute Gasteiger partial charge is 0.497 e. The summed E-state index contributed by atoms with van der Waals surface area (Å²) in [7, 11) is 3.43. The van der Waals surface area contributed by atoms with Crippen LogP contribution in [0.25, 0.3) is 0 Å². The molecule has 0 amide bonds. The Morgan fingerprint density at radius 3 is 2.62 bits per heavy atom. The lowest BCUT2D eigenvalue weighted by atomic mass is 10.1. The molecular weight excluding hydrogens is 269 g/mol. The zero-order valence-electron chi connectivity index (χ0n) is 12.5. The Morgan fingerprint density at radius 1 is 1.24 bits per heavy atom. The average Bonchev–Trinajstić information content (AvgIpc) is 2.46.